The van der Waals surface area contributed by atoms with Gasteiger partial charge in [-0.15, -0.1) is 15.0 Å². The summed E-state index contributed by atoms with van der Waals surface area (Å²) in [4.78, 5) is 13.9. The summed E-state index contributed by atoms with van der Waals surface area (Å²) in [5.74, 6) is 1.76. The Balaban J connectivity index is 1.23. The molecule has 11 nitrogen and oxygen atoms in total. The molecule has 1 aliphatic heterocycles. The summed E-state index contributed by atoms with van der Waals surface area (Å²) < 4.78 is 5.51. The molecule has 0 bridgehead atoms. The van der Waals surface area contributed by atoms with Crippen molar-refractivity contribution in [2.45, 2.75) is 51.3 Å². The van der Waals surface area contributed by atoms with Crippen molar-refractivity contribution in [3.8, 4) is 16.4 Å². The third-order valence-corrected chi connectivity index (χ3v) is 8.41. The van der Waals surface area contributed by atoms with Gasteiger partial charge in [0.1, 0.15) is 23.0 Å². The van der Waals surface area contributed by atoms with E-state index in [-0.39, 0.29) is 0 Å². The SMILES string of the molecule is Cc1cccc(Cl)c1-n1nnc(-c2cnc(Nc3cc(CN4CCOCC4)cc(NC4(O)CCCCC4)n3)s2)n1. The van der Waals surface area contributed by atoms with Crippen molar-refractivity contribution in [2.24, 2.45) is 0 Å². The number of anilines is 3. The number of ether oxygens (including phenoxy) is 1. The Morgan fingerprint density at radius 3 is 2.73 bits per heavy atom. The molecule has 0 spiro atoms. The van der Waals surface area contributed by atoms with Gasteiger partial charge in [0.2, 0.25) is 5.82 Å². The lowest BCUT2D eigenvalue weighted by Crippen LogP contribution is -2.40. The van der Waals surface area contributed by atoms with Crippen LogP contribution >= 0.6 is 22.9 Å². The second kappa shape index (κ2) is 11.8. The highest BCUT2D eigenvalue weighted by atomic mass is 35.5. The lowest BCUT2D eigenvalue weighted by Gasteiger charge is -2.33. The first-order valence-electron chi connectivity index (χ1n) is 13.5. The summed E-state index contributed by atoms with van der Waals surface area (Å²) in [5, 5.41) is 32.0. The number of morpholine rings is 1. The van der Waals surface area contributed by atoms with E-state index >= 15 is 0 Å². The summed E-state index contributed by atoms with van der Waals surface area (Å²) in [5.41, 5.74) is 1.81. The van der Waals surface area contributed by atoms with Crippen LogP contribution in [0.25, 0.3) is 16.4 Å². The minimum atomic E-state index is -0.939. The molecule has 2 aliphatic rings. The lowest BCUT2D eigenvalue weighted by atomic mass is 9.92. The highest BCUT2D eigenvalue weighted by molar-refractivity contribution is 7.18. The Kier molecular flexibility index (Phi) is 7.94. The quantitative estimate of drug-likeness (QED) is 0.250. The van der Waals surface area contributed by atoms with E-state index in [0.29, 0.717) is 46.1 Å². The molecule has 3 N–H and O–H groups in total. The highest BCUT2D eigenvalue weighted by Gasteiger charge is 2.29. The molecule has 0 amide bonds. The van der Waals surface area contributed by atoms with Gasteiger partial charge in [-0.25, -0.2) is 9.97 Å². The molecule has 0 radical (unpaired) electrons. The van der Waals surface area contributed by atoms with Crippen molar-refractivity contribution < 1.29 is 9.84 Å². The van der Waals surface area contributed by atoms with Crippen LogP contribution in [0.1, 0.15) is 43.2 Å². The summed E-state index contributed by atoms with van der Waals surface area (Å²) in [7, 11) is 0. The molecule has 1 aliphatic carbocycles. The fraction of sp³-hybridized carbons (Fsp3) is 0.444. The van der Waals surface area contributed by atoms with Crippen molar-refractivity contribution >= 4 is 39.7 Å². The Labute approximate surface area is 241 Å². The Bertz CT molecular complexity index is 1440. The summed E-state index contributed by atoms with van der Waals surface area (Å²) in [6.07, 6.45) is 6.28. The zero-order valence-electron chi connectivity index (χ0n) is 22.3. The first-order chi connectivity index (χ1) is 19.4. The van der Waals surface area contributed by atoms with Gasteiger partial charge in [0.25, 0.3) is 0 Å². The van der Waals surface area contributed by atoms with E-state index in [9.17, 15) is 5.11 Å². The number of nitrogens with zero attached hydrogens (tertiary/aromatic N) is 7. The van der Waals surface area contributed by atoms with Gasteiger partial charge in [-0.3, -0.25) is 4.90 Å². The average Bonchev–Trinajstić information content (AvgIpc) is 3.59. The van der Waals surface area contributed by atoms with E-state index in [0.717, 1.165) is 68.1 Å². The maximum absolute atomic E-state index is 11.1. The minimum absolute atomic E-state index is 0.459. The molecule has 6 rings (SSSR count). The van der Waals surface area contributed by atoms with Gasteiger partial charge in [0, 0.05) is 19.6 Å². The number of aromatic nitrogens is 6. The van der Waals surface area contributed by atoms with Gasteiger partial charge in [-0.1, -0.05) is 41.5 Å². The normalized spacial score (nSPS) is 17.6. The number of rotatable bonds is 8. The second-order valence-corrected chi connectivity index (χ2v) is 11.8. The number of pyridine rings is 1. The zero-order valence-corrected chi connectivity index (χ0v) is 23.9. The van der Waals surface area contributed by atoms with Crippen molar-refractivity contribution in [2.75, 3.05) is 36.9 Å². The Morgan fingerprint density at radius 2 is 1.93 bits per heavy atom. The maximum Gasteiger partial charge on any atom is 0.216 e. The third-order valence-electron chi connectivity index (χ3n) is 7.20. The lowest BCUT2D eigenvalue weighted by molar-refractivity contribution is 0.0312. The molecule has 2 fully saturated rings. The topological polar surface area (TPSA) is 126 Å². The van der Waals surface area contributed by atoms with Gasteiger partial charge >= 0.3 is 0 Å². The van der Waals surface area contributed by atoms with Crippen LogP contribution in [-0.4, -0.2) is 72.2 Å². The van der Waals surface area contributed by atoms with Gasteiger partial charge in [-0.05, 0) is 67.1 Å². The van der Waals surface area contributed by atoms with Crippen molar-refractivity contribution in [1.29, 1.82) is 0 Å². The van der Waals surface area contributed by atoms with E-state index in [1.807, 2.05) is 31.2 Å². The van der Waals surface area contributed by atoms with Crippen LogP contribution in [-0.2, 0) is 11.3 Å². The van der Waals surface area contributed by atoms with Crippen molar-refractivity contribution in [3.05, 3.63) is 52.7 Å². The van der Waals surface area contributed by atoms with E-state index in [1.54, 1.807) is 12.3 Å². The first kappa shape index (κ1) is 27.0. The fourth-order valence-electron chi connectivity index (χ4n) is 5.15. The number of benzene rings is 1. The molecule has 1 saturated carbocycles. The van der Waals surface area contributed by atoms with Crippen molar-refractivity contribution in [3.63, 3.8) is 0 Å². The number of hydrogen-bond acceptors (Lipinski definition) is 11. The van der Waals surface area contributed by atoms with Gasteiger partial charge in [-0.2, -0.15) is 0 Å². The smallest absolute Gasteiger partial charge is 0.216 e. The van der Waals surface area contributed by atoms with E-state index in [4.69, 9.17) is 21.3 Å². The Morgan fingerprint density at radius 1 is 1.12 bits per heavy atom. The van der Waals surface area contributed by atoms with Crippen LogP contribution in [0.15, 0.2) is 36.5 Å². The number of aliphatic hydroxyl groups is 1. The van der Waals surface area contributed by atoms with Crippen LogP contribution in [0.3, 0.4) is 0 Å². The van der Waals surface area contributed by atoms with Gasteiger partial charge < -0.3 is 20.5 Å². The number of tetrazole rings is 1. The van der Waals surface area contributed by atoms with Crippen LogP contribution in [0.4, 0.5) is 16.8 Å². The molecule has 3 aromatic heterocycles. The average molecular weight is 582 g/mol. The monoisotopic (exact) mass is 581 g/mol. The largest absolute Gasteiger partial charge is 0.379 e. The molecule has 0 atom stereocenters. The molecule has 13 heteroatoms. The van der Waals surface area contributed by atoms with Gasteiger partial charge in [0.05, 0.1) is 29.3 Å². The number of thiazole rings is 1. The number of nitrogens with one attached hydrogen (secondary N) is 2. The molecule has 40 heavy (non-hydrogen) atoms. The summed E-state index contributed by atoms with van der Waals surface area (Å²) in [6.45, 7) is 5.96. The molecule has 4 aromatic rings. The predicted octanol–water partition coefficient (Wildman–Crippen LogP) is 4.78. The third kappa shape index (κ3) is 6.26. The predicted molar refractivity (Wildman–Crippen MR) is 155 cm³/mol. The molecule has 1 saturated heterocycles. The summed E-state index contributed by atoms with van der Waals surface area (Å²) >= 11 is 7.80. The van der Waals surface area contributed by atoms with E-state index in [1.165, 1.54) is 16.1 Å². The fourth-order valence-corrected chi connectivity index (χ4v) is 6.20. The Hall–Kier alpha value is -3.16. The maximum atomic E-state index is 11.1. The molecule has 0 unspecified atom stereocenters. The summed E-state index contributed by atoms with van der Waals surface area (Å²) in [6, 6.07) is 9.70. The van der Waals surface area contributed by atoms with E-state index < -0.39 is 5.72 Å². The second-order valence-electron chi connectivity index (χ2n) is 10.3. The number of aryl methyl sites for hydroxylation is 1. The number of halogens is 1. The first-order valence-corrected chi connectivity index (χ1v) is 14.7. The molecule has 4 heterocycles. The molecular weight excluding hydrogens is 550 g/mol. The number of hydrogen-bond donors (Lipinski definition) is 3. The zero-order chi connectivity index (χ0) is 27.5. The van der Waals surface area contributed by atoms with Crippen LogP contribution in [0, 0.1) is 6.92 Å². The number of para-hydroxylation sites is 1. The molecular formula is C27H32ClN9O2S. The van der Waals surface area contributed by atoms with Crippen molar-refractivity contribution in [1.82, 2.24) is 35.1 Å². The van der Waals surface area contributed by atoms with Gasteiger partial charge in [0.15, 0.2) is 5.13 Å². The van der Waals surface area contributed by atoms with Crippen LogP contribution in [0.5, 0.6) is 0 Å². The molecule has 210 valence electrons. The highest BCUT2D eigenvalue weighted by Crippen LogP contribution is 2.32. The van der Waals surface area contributed by atoms with E-state index in [2.05, 4.69) is 35.9 Å². The minimum Gasteiger partial charge on any atom is -0.379 e. The van der Waals surface area contributed by atoms with Crippen LogP contribution in [0.2, 0.25) is 5.02 Å². The van der Waals surface area contributed by atoms with Crippen LogP contribution < -0.4 is 10.6 Å². The molecule has 1 aromatic carbocycles. The standard InChI is InChI=1S/C27H32ClN9O2S/c1-18-6-5-7-20(28)24(18)37-34-25(33-35-37)21-16-29-26(40-21)31-22-14-19(17-36-10-12-39-13-11-36)15-23(30-22)32-27(38)8-3-2-4-9-27/h5-7,14-16,38H,2-4,8-13,17H2,1H3,(H2,29,30,31,32).